The SMILES string of the molecule is CCC(=O)Nc1cccc(OCC(=O)N(C)CC2CC(COC)NN2)c1. The number of likely N-dealkylation sites (N-methyl/N-ethyl adjacent to an activating group) is 1. The average molecular weight is 364 g/mol. The summed E-state index contributed by atoms with van der Waals surface area (Å²) in [5, 5.41) is 2.77. The molecule has 0 spiro atoms. The van der Waals surface area contributed by atoms with E-state index in [1.54, 1.807) is 50.2 Å². The second-order valence-electron chi connectivity index (χ2n) is 6.37. The standard InChI is InChI=1S/C18H28N4O4/c1-4-17(23)19-13-6-5-7-16(9-13)26-12-18(24)22(2)10-14-8-15(11-25-3)21-20-14/h5-7,9,14-15,20-21H,4,8,10-12H2,1-3H3,(H,19,23). The van der Waals surface area contributed by atoms with E-state index in [1.165, 1.54) is 0 Å². The van der Waals surface area contributed by atoms with Crippen LogP contribution in [0.25, 0.3) is 0 Å². The molecule has 26 heavy (non-hydrogen) atoms. The lowest BCUT2D eigenvalue weighted by Crippen LogP contribution is -2.43. The van der Waals surface area contributed by atoms with Crippen molar-refractivity contribution >= 4 is 17.5 Å². The monoisotopic (exact) mass is 364 g/mol. The third-order valence-corrected chi connectivity index (χ3v) is 4.15. The topological polar surface area (TPSA) is 91.9 Å². The molecule has 0 bridgehead atoms. The summed E-state index contributed by atoms with van der Waals surface area (Å²) in [4.78, 5) is 25.4. The molecule has 2 amide bonds. The van der Waals surface area contributed by atoms with Crippen LogP contribution in [0.5, 0.6) is 5.75 Å². The van der Waals surface area contributed by atoms with Gasteiger partial charge in [-0.05, 0) is 18.6 Å². The molecule has 2 atom stereocenters. The van der Waals surface area contributed by atoms with E-state index < -0.39 is 0 Å². The van der Waals surface area contributed by atoms with E-state index in [0.717, 1.165) is 6.42 Å². The number of ether oxygens (including phenoxy) is 2. The van der Waals surface area contributed by atoms with Crippen molar-refractivity contribution in [3.63, 3.8) is 0 Å². The van der Waals surface area contributed by atoms with Gasteiger partial charge in [0, 0.05) is 51.0 Å². The zero-order valence-corrected chi connectivity index (χ0v) is 15.6. The predicted molar refractivity (Wildman–Crippen MR) is 98.8 cm³/mol. The van der Waals surface area contributed by atoms with Gasteiger partial charge in [0.25, 0.3) is 5.91 Å². The van der Waals surface area contributed by atoms with Crippen LogP contribution >= 0.6 is 0 Å². The molecule has 0 aliphatic carbocycles. The third-order valence-electron chi connectivity index (χ3n) is 4.15. The molecule has 1 aromatic carbocycles. The second kappa shape index (κ2) is 10.1. The van der Waals surface area contributed by atoms with Gasteiger partial charge in [0.15, 0.2) is 6.61 Å². The van der Waals surface area contributed by atoms with Crippen molar-refractivity contribution in [1.82, 2.24) is 15.8 Å². The van der Waals surface area contributed by atoms with Crippen LogP contribution in [0.2, 0.25) is 0 Å². The van der Waals surface area contributed by atoms with Crippen LogP contribution in [-0.4, -0.2) is 62.7 Å². The first-order valence-electron chi connectivity index (χ1n) is 8.78. The highest BCUT2D eigenvalue weighted by Gasteiger charge is 2.25. The number of carbonyl (C=O) groups is 2. The van der Waals surface area contributed by atoms with Crippen molar-refractivity contribution < 1.29 is 19.1 Å². The lowest BCUT2D eigenvalue weighted by molar-refractivity contribution is -0.132. The van der Waals surface area contributed by atoms with E-state index in [1.807, 2.05) is 0 Å². The predicted octanol–water partition coefficient (Wildman–Crippen LogP) is 0.754. The number of amides is 2. The van der Waals surface area contributed by atoms with Crippen LogP contribution in [0, 0.1) is 0 Å². The van der Waals surface area contributed by atoms with Gasteiger partial charge in [0.05, 0.1) is 6.61 Å². The number of hydrazine groups is 1. The summed E-state index contributed by atoms with van der Waals surface area (Å²) in [6.07, 6.45) is 1.30. The molecule has 0 aromatic heterocycles. The smallest absolute Gasteiger partial charge is 0.260 e. The number of carbonyl (C=O) groups excluding carboxylic acids is 2. The lowest BCUT2D eigenvalue weighted by atomic mass is 10.1. The first-order valence-corrected chi connectivity index (χ1v) is 8.78. The average Bonchev–Trinajstić information content (AvgIpc) is 3.07. The van der Waals surface area contributed by atoms with Crippen molar-refractivity contribution in [3.8, 4) is 5.75 Å². The molecule has 1 aromatic rings. The number of rotatable bonds is 9. The maximum atomic E-state index is 12.3. The maximum absolute atomic E-state index is 12.3. The van der Waals surface area contributed by atoms with Crippen molar-refractivity contribution in [2.24, 2.45) is 0 Å². The molecule has 144 valence electrons. The van der Waals surface area contributed by atoms with Crippen LogP contribution in [0.3, 0.4) is 0 Å². The summed E-state index contributed by atoms with van der Waals surface area (Å²) in [5.74, 6) is 0.369. The Morgan fingerprint density at radius 1 is 1.31 bits per heavy atom. The summed E-state index contributed by atoms with van der Waals surface area (Å²) < 4.78 is 10.7. The number of anilines is 1. The van der Waals surface area contributed by atoms with Gasteiger partial charge >= 0.3 is 0 Å². The van der Waals surface area contributed by atoms with E-state index in [9.17, 15) is 9.59 Å². The Morgan fingerprint density at radius 2 is 2.08 bits per heavy atom. The third kappa shape index (κ3) is 6.29. The number of nitrogens with zero attached hydrogens (tertiary/aromatic N) is 1. The van der Waals surface area contributed by atoms with Crippen molar-refractivity contribution in [3.05, 3.63) is 24.3 Å². The normalized spacial score (nSPS) is 19.2. The molecule has 2 rings (SSSR count). The molecule has 8 nitrogen and oxygen atoms in total. The molecule has 3 N–H and O–H groups in total. The number of benzene rings is 1. The molecule has 2 unspecified atom stereocenters. The fraction of sp³-hybridized carbons (Fsp3) is 0.556. The van der Waals surface area contributed by atoms with E-state index in [0.29, 0.717) is 31.0 Å². The largest absolute Gasteiger partial charge is 0.484 e. The van der Waals surface area contributed by atoms with Gasteiger partial charge < -0.3 is 19.7 Å². The molecule has 0 saturated carbocycles. The molecule has 0 radical (unpaired) electrons. The van der Waals surface area contributed by atoms with Crippen molar-refractivity contribution in [1.29, 1.82) is 0 Å². The van der Waals surface area contributed by atoms with Gasteiger partial charge in [-0.1, -0.05) is 13.0 Å². The zero-order chi connectivity index (χ0) is 18.9. The maximum Gasteiger partial charge on any atom is 0.260 e. The second-order valence-corrected chi connectivity index (χ2v) is 6.37. The van der Waals surface area contributed by atoms with Crippen LogP contribution < -0.4 is 20.9 Å². The van der Waals surface area contributed by atoms with Gasteiger partial charge in [-0.15, -0.1) is 0 Å². The van der Waals surface area contributed by atoms with Crippen LogP contribution in [0.4, 0.5) is 5.69 Å². The summed E-state index contributed by atoms with van der Waals surface area (Å²) in [7, 11) is 3.43. The first kappa shape index (κ1) is 20.2. The highest BCUT2D eigenvalue weighted by molar-refractivity contribution is 5.90. The Bertz CT molecular complexity index is 611. The summed E-state index contributed by atoms with van der Waals surface area (Å²) >= 11 is 0. The van der Waals surface area contributed by atoms with E-state index in [2.05, 4.69) is 16.2 Å². The number of hydrogen-bond donors (Lipinski definition) is 3. The molecule has 1 heterocycles. The summed E-state index contributed by atoms with van der Waals surface area (Å²) in [6.45, 7) is 2.96. The molecular formula is C18H28N4O4. The Morgan fingerprint density at radius 3 is 2.81 bits per heavy atom. The fourth-order valence-corrected chi connectivity index (χ4v) is 2.73. The number of hydrogen-bond acceptors (Lipinski definition) is 6. The van der Waals surface area contributed by atoms with Gasteiger partial charge in [-0.25, -0.2) is 0 Å². The summed E-state index contributed by atoms with van der Waals surface area (Å²) in [6, 6.07) is 7.45. The van der Waals surface area contributed by atoms with E-state index in [-0.39, 0.29) is 30.5 Å². The zero-order valence-electron chi connectivity index (χ0n) is 15.6. The Kier molecular flexibility index (Phi) is 7.83. The Balaban J connectivity index is 1.77. The number of nitrogens with one attached hydrogen (secondary N) is 3. The minimum Gasteiger partial charge on any atom is -0.484 e. The van der Waals surface area contributed by atoms with Crippen LogP contribution in [0.15, 0.2) is 24.3 Å². The first-order chi connectivity index (χ1) is 12.5. The molecule has 8 heteroatoms. The minimum atomic E-state index is -0.106. The van der Waals surface area contributed by atoms with Gasteiger partial charge in [0.1, 0.15) is 5.75 Å². The van der Waals surface area contributed by atoms with E-state index >= 15 is 0 Å². The van der Waals surface area contributed by atoms with E-state index in [4.69, 9.17) is 9.47 Å². The minimum absolute atomic E-state index is 0.0523. The quantitative estimate of drug-likeness (QED) is 0.599. The number of methoxy groups -OCH3 is 1. The molecule has 1 aliphatic heterocycles. The summed E-state index contributed by atoms with van der Waals surface area (Å²) in [5.41, 5.74) is 6.99. The van der Waals surface area contributed by atoms with Gasteiger partial charge in [-0.3, -0.25) is 20.4 Å². The van der Waals surface area contributed by atoms with Crippen molar-refractivity contribution in [2.75, 3.05) is 39.2 Å². The Hall–Kier alpha value is -2.16. The van der Waals surface area contributed by atoms with Gasteiger partial charge in [-0.2, -0.15) is 0 Å². The molecular weight excluding hydrogens is 336 g/mol. The fourth-order valence-electron chi connectivity index (χ4n) is 2.73. The highest BCUT2D eigenvalue weighted by Crippen LogP contribution is 2.17. The Labute approximate surface area is 154 Å². The van der Waals surface area contributed by atoms with Crippen molar-refractivity contribution in [2.45, 2.75) is 31.8 Å². The van der Waals surface area contributed by atoms with Crippen LogP contribution in [0.1, 0.15) is 19.8 Å². The molecule has 1 fully saturated rings. The molecule has 1 aliphatic rings. The lowest BCUT2D eigenvalue weighted by Gasteiger charge is -2.21. The van der Waals surface area contributed by atoms with Crippen LogP contribution in [-0.2, 0) is 14.3 Å². The molecule has 1 saturated heterocycles. The van der Waals surface area contributed by atoms with Gasteiger partial charge in [0.2, 0.25) is 5.91 Å². The highest BCUT2D eigenvalue weighted by atomic mass is 16.5.